The predicted molar refractivity (Wildman–Crippen MR) is 144 cm³/mol. The van der Waals surface area contributed by atoms with Gasteiger partial charge < -0.3 is 30.7 Å². The van der Waals surface area contributed by atoms with Gasteiger partial charge in [-0.25, -0.2) is 9.59 Å². The molecule has 3 aliphatic heterocycles. The van der Waals surface area contributed by atoms with Crippen LogP contribution in [0.25, 0.3) is 0 Å². The molecule has 0 spiro atoms. The quantitative estimate of drug-likeness (QED) is 0.569. The Labute approximate surface area is 223 Å². The normalized spacial score (nSPS) is 24.5. The van der Waals surface area contributed by atoms with Gasteiger partial charge in [0.1, 0.15) is 6.04 Å². The molecule has 3 fully saturated rings. The maximum absolute atomic E-state index is 13.5. The van der Waals surface area contributed by atoms with E-state index < -0.39 is 6.04 Å². The lowest BCUT2D eigenvalue weighted by Gasteiger charge is -2.40. The summed E-state index contributed by atoms with van der Waals surface area (Å²) in [6, 6.07) is 17.3. The maximum atomic E-state index is 13.5. The van der Waals surface area contributed by atoms with Crippen LogP contribution in [0.15, 0.2) is 54.6 Å². The Morgan fingerprint density at radius 1 is 0.947 bits per heavy atom. The summed E-state index contributed by atoms with van der Waals surface area (Å²) in [6.07, 6.45) is 3.76. The summed E-state index contributed by atoms with van der Waals surface area (Å²) in [6.45, 7) is 3.44. The Morgan fingerprint density at radius 2 is 1.68 bits per heavy atom. The zero-order valence-electron chi connectivity index (χ0n) is 21.6. The molecule has 9 nitrogen and oxygen atoms in total. The van der Waals surface area contributed by atoms with Crippen LogP contribution in [0, 0.1) is 5.92 Å². The Hall–Kier alpha value is -3.59. The third-order valence-electron chi connectivity index (χ3n) is 8.31. The molecule has 9 heteroatoms. The number of para-hydroxylation sites is 1. The summed E-state index contributed by atoms with van der Waals surface area (Å²) in [4.78, 5) is 45.1. The van der Waals surface area contributed by atoms with Crippen LogP contribution in [-0.2, 0) is 11.3 Å². The fraction of sp³-hybridized carbons (Fsp3) is 0.483. The molecule has 2 atom stereocenters. The molecule has 0 aromatic heterocycles. The molecule has 2 saturated heterocycles. The van der Waals surface area contributed by atoms with Gasteiger partial charge in [-0.1, -0.05) is 48.5 Å². The van der Waals surface area contributed by atoms with Gasteiger partial charge in [-0.2, -0.15) is 0 Å². The first kappa shape index (κ1) is 24.7. The highest BCUT2D eigenvalue weighted by molar-refractivity contribution is 5.92. The van der Waals surface area contributed by atoms with Crippen molar-refractivity contribution in [1.29, 1.82) is 0 Å². The summed E-state index contributed by atoms with van der Waals surface area (Å²) in [5.41, 5.74) is 3.13. The van der Waals surface area contributed by atoms with Crippen molar-refractivity contribution in [2.75, 3.05) is 38.0 Å². The highest BCUT2D eigenvalue weighted by atomic mass is 16.2. The van der Waals surface area contributed by atoms with E-state index in [2.05, 4.69) is 28.1 Å². The molecule has 38 heavy (non-hydrogen) atoms. The van der Waals surface area contributed by atoms with E-state index in [-0.39, 0.29) is 30.1 Å². The van der Waals surface area contributed by atoms with Crippen molar-refractivity contribution in [2.24, 2.45) is 5.92 Å². The lowest BCUT2D eigenvalue weighted by molar-refractivity contribution is -0.132. The number of rotatable bonds is 5. The smallest absolute Gasteiger partial charge is 0.322 e. The highest BCUT2D eigenvalue weighted by Crippen LogP contribution is 2.31. The van der Waals surface area contributed by atoms with Crippen molar-refractivity contribution < 1.29 is 14.4 Å². The van der Waals surface area contributed by atoms with Crippen LogP contribution in [0.5, 0.6) is 0 Å². The number of amides is 5. The number of fused-ring (bicyclic) bond motifs is 1. The van der Waals surface area contributed by atoms with Crippen molar-refractivity contribution in [2.45, 2.75) is 50.4 Å². The number of hydrogen-bond acceptors (Lipinski definition) is 4. The van der Waals surface area contributed by atoms with Gasteiger partial charge in [-0.3, -0.25) is 4.79 Å². The number of nitrogens with one attached hydrogen (secondary N) is 3. The van der Waals surface area contributed by atoms with Gasteiger partial charge in [0.15, 0.2) is 0 Å². The maximum Gasteiger partial charge on any atom is 0.322 e. The van der Waals surface area contributed by atoms with Gasteiger partial charge in [-0.15, -0.1) is 0 Å². The second kappa shape index (κ2) is 10.6. The van der Waals surface area contributed by atoms with Gasteiger partial charge in [0.25, 0.3) is 0 Å². The zero-order valence-corrected chi connectivity index (χ0v) is 21.6. The summed E-state index contributed by atoms with van der Waals surface area (Å²) in [7, 11) is 0. The first-order valence-electron chi connectivity index (χ1n) is 13.8. The average Bonchev–Trinajstić information content (AvgIpc) is 3.79. The Balaban J connectivity index is 1.06. The minimum absolute atomic E-state index is 0.00489. The number of hydrogen-bond donors (Lipinski definition) is 3. The molecule has 6 rings (SSSR count). The van der Waals surface area contributed by atoms with Crippen molar-refractivity contribution in [3.8, 4) is 0 Å². The number of likely N-dealkylation sites (tertiary alicyclic amines) is 1. The Morgan fingerprint density at radius 3 is 2.45 bits per heavy atom. The number of urea groups is 2. The van der Waals surface area contributed by atoms with Crippen molar-refractivity contribution >= 4 is 23.7 Å². The molecule has 0 radical (unpaired) electrons. The molecular formula is C29H36N6O3. The third-order valence-corrected chi connectivity index (χ3v) is 8.31. The number of nitrogens with zero attached hydrogens (tertiary/aromatic N) is 3. The van der Waals surface area contributed by atoms with E-state index in [1.807, 2.05) is 52.3 Å². The van der Waals surface area contributed by atoms with Crippen LogP contribution in [0.2, 0.25) is 0 Å². The van der Waals surface area contributed by atoms with E-state index in [0.717, 1.165) is 23.4 Å². The lowest BCUT2D eigenvalue weighted by atomic mass is 10.0. The van der Waals surface area contributed by atoms with Crippen molar-refractivity contribution in [3.63, 3.8) is 0 Å². The number of anilines is 1. The van der Waals surface area contributed by atoms with Gasteiger partial charge >= 0.3 is 12.1 Å². The summed E-state index contributed by atoms with van der Waals surface area (Å²) >= 11 is 0. The van der Waals surface area contributed by atoms with E-state index in [1.54, 1.807) is 4.90 Å². The van der Waals surface area contributed by atoms with Crippen LogP contribution in [0.4, 0.5) is 15.3 Å². The number of benzene rings is 2. The third kappa shape index (κ3) is 5.34. The monoisotopic (exact) mass is 516 g/mol. The fourth-order valence-corrected chi connectivity index (χ4v) is 5.88. The van der Waals surface area contributed by atoms with E-state index >= 15 is 0 Å². The van der Waals surface area contributed by atoms with E-state index in [0.29, 0.717) is 51.5 Å². The summed E-state index contributed by atoms with van der Waals surface area (Å²) in [5, 5.41) is 9.55. The van der Waals surface area contributed by atoms with Gasteiger partial charge in [0.2, 0.25) is 5.91 Å². The molecule has 2 aromatic rings. The minimum atomic E-state index is -0.600. The zero-order chi connectivity index (χ0) is 26.1. The molecule has 3 heterocycles. The standard InChI is InChI=1S/C29H36N6O3/c36-27-25(16-30-26(21-6-2-1-3-7-21)19-34(27)17-20-10-11-20)32-28(37)33-14-12-23(13-15-33)35-18-22-8-4-5-9-24(22)31-29(35)38/h1-9,20,23,25-26,30H,10-19H2,(H,31,38)(H,32,37)/t25-,26+/m1/s1. The van der Waals surface area contributed by atoms with E-state index in [9.17, 15) is 14.4 Å². The van der Waals surface area contributed by atoms with Crippen LogP contribution in [0.3, 0.4) is 0 Å². The summed E-state index contributed by atoms with van der Waals surface area (Å²) in [5.74, 6) is 0.567. The SMILES string of the molecule is O=C(N[C@@H]1CN[C@H](c2ccccc2)CN(CC2CC2)C1=O)N1CCC(N2Cc3ccccc3NC2=O)CC1. The Kier molecular flexibility index (Phi) is 6.93. The molecule has 3 N–H and O–H groups in total. The van der Waals surface area contributed by atoms with Gasteiger partial charge in [0, 0.05) is 57.0 Å². The molecule has 200 valence electrons. The van der Waals surface area contributed by atoms with Crippen LogP contribution in [0.1, 0.15) is 42.9 Å². The summed E-state index contributed by atoms with van der Waals surface area (Å²) < 4.78 is 0. The molecule has 5 amide bonds. The largest absolute Gasteiger partial charge is 0.339 e. The molecule has 2 aromatic carbocycles. The Bertz CT molecular complexity index is 1180. The number of carbonyl (C=O) groups excluding carboxylic acids is 3. The first-order valence-corrected chi connectivity index (χ1v) is 13.8. The minimum Gasteiger partial charge on any atom is -0.339 e. The number of piperidine rings is 1. The predicted octanol–water partition coefficient (Wildman–Crippen LogP) is 3.16. The van der Waals surface area contributed by atoms with E-state index in [1.165, 1.54) is 12.8 Å². The fourth-order valence-electron chi connectivity index (χ4n) is 5.88. The molecule has 0 bridgehead atoms. The average molecular weight is 517 g/mol. The van der Waals surface area contributed by atoms with Crippen LogP contribution < -0.4 is 16.0 Å². The molecule has 1 aliphatic carbocycles. The molecular weight excluding hydrogens is 480 g/mol. The van der Waals surface area contributed by atoms with Crippen molar-refractivity contribution in [1.82, 2.24) is 25.3 Å². The van der Waals surface area contributed by atoms with Crippen molar-refractivity contribution in [3.05, 3.63) is 65.7 Å². The van der Waals surface area contributed by atoms with Gasteiger partial charge in [0.05, 0.1) is 0 Å². The van der Waals surface area contributed by atoms with Crippen LogP contribution >= 0.6 is 0 Å². The van der Waals surface area contributed by atoms with Crippen LogP contribution in [-0.4, -0.2) is 77.5 Å². The molecule has 4 aliphatic rings. The number of carbonyl (C=O) groups is 3. The molecule has 1 saturated carbocycles. The second-order valence-corrected chi connectivity index (χ2v) is 11.0. The first-order chi connectivity index (χ1) is 18.5. The van der Waals surface area contributed by atoms with Gasteiger partial charge in [-0.05, 0) is 48.8 Å². The second-order valence-electron chi connectivity index (χ2n) is 11.0. The molecule has 0 unspecified atom stereocenters. The highest BCUT2D eigenvalue weighted by Gasteiger charge is 2.37. The van der Waals surface area contributed by atoms with E-state index in [4.69, 9.17) is 0 Å². The topological polar surface area (TPSA) is 97.0 Å². The lowest BCUT2D eigenvalue weighted by Crippen LogP contribution is -2.57.